The molecule has 7 nitrogen and oxygen atoms in total. The number of amides is 2. The molecule has 0 spiro atoms. The summed E-state index contributed by atoms with van der Waals surface area (Å²) >= 11 is 0. The largest absolute Gasteiger partial charge is 0.383 e. The van der Waals surface area contributed by atoms with Crippen LogP contribution in [-0.4, -0.2) is 41.6 Å². The Morgan fingerprint density at radius 2 is 1.96 bits per heavy atom. The first-order chi connectivity index (χ1) is 13.6. The van der Waals surface area contributed by atoms with E-state index < -0.39 is 17.8 Å². The van der Waals surface area contributed by atoms with E-state index in [1.807, 2.05) is 24.3 Å². The SMILES string of the molecule is COCCN1C(=O)C(CC(=O)Nc2ccccc2F)n2c1nc1ccccc12. The number of carbonyl (C=O) groups excluding carboxylic acids is 2. The Bertz CT molecular complexity index is 1050. The summed E-state index contributed by atoms with van der Waals surface area (Å²) in [5, 5.41) is 2.54. The average Bonchev–Trinajstić information content (AvgIpc) is 3.17. The first kappa shape index (κ1) is 18.1. The quantitative estimate of drug-likeness (QED) is 0.711. The summed E-state index contributed by atoms with van der Waals surface area (Å²) in [6, 6.07) is 12.6. The number of aromatic nitrogens is 2. The van der Waals surface area contributed by atoms with Crippen LogP contribution in [0, 0.1) is 5.82 Å². The maximum atomic E-state index is 13.8. The highest BCUT2D eigenvalue weighted by Gasteiger charge is 2.40. The Kier molecular flexibility index (Phi) is 4.79. The molecule has 1 unspecified atom stereocenters. The third-order valence-electron chi connectivity index (χ3n) is 4.73. The molecule has 0 radical (unpaired) electrons. The molecule has 144 valence electrons. The summed E-state index contributed by atoms with van der Waals surface area (Å²) in [4.78, 5) is 31.6. The number of rotatable bonds is 6. The molecule has 28 heavy (non-hydrogen) atoms. The van der Waals surface area contributed by atoms with Crippen molar-refractivity contribution in [1.29, 1.82) is 0 Å². The molecule has 8 heteroatoms. The number of ether oxygens (including phenoxy) is 1. The summed E-state index contributed by atoms with van der Waals surface area (Å²) in [7, 11) is 1.56. The van der Waals surface area contributed by atoms with Gasteiger partial charge in [0, 0.05) is 7.11 Å². The monoisotopic (exact) mass is 382 g/mol. The fraction of sp³-hybridized carbons (Fsp3) is 0.250. The number of carbonyl (C=O) groups is 2. The van der Waals surface area contributed by atoms with Crippen LogP contribution in [0.4, 0.5) is 16.0 Å². The van der Waals surface area contributed by atoms with Crippen LogP contribution in [0.15, 0.2) is 48.5 Å². The molecule has 2 aromatic carbocycles. The van der Waals surface area contributed by atoms with Crippen LogP contribution in [0.5, 0.6) is 0 Å². The zero-order valence-electron chi connectivity index (χ0n) is 15.3. The van der Waals surface area contributed by atoms with Crippen molar-refractivity contribution in [2.45, 2.75) is 12.5 Å². The highest BCUT2D eigenvalue weighted by atomic mass is 19.1. The second-order valence-electron chi connectivity index (χ2n) is 6.50. The Labute approximate surface area is 160 Å². The fourth-order valence-electron chi connectivity index (χ4n) is 3.43. The topological polar surface area (TPSA) is 76.5 Å². The Morgan fingerprint density at radius 3 is 2.75 bits per heavy atom. The first-order valence-corrected chi connectivity index (χ1v) is 8.92. The molecule has 0 saturated carbocycles. The smallest absolute Gasteiger partial charge is 0.253 e. The van der Waals surface area contributed by atoms with Crippen molar-refractivity contribution in [2.24, 2.45) is 0 Å². The number of halogens is 1. The second-order valence-corrected chi connectivity index (χ2v) is 6.50. The van der Waals surface area contributed by atoms with Gasteiger partial charge in [-0.15, -0.1) is 0 Å². The number of methoxy groups -OCH3 is 1. The van der Waals surface area contributed by atoms with Gasteiger partial charge in [-0.1, -0.05) is 24.3 Å². The van der Waals surface area contributed by atoms with E-state index in [9.17, 15) is 14.0 Å². The predicted octanol–water partition coefficient (Wildman–Crippen LogP) is 2.74. The van der Waals surface area contributed by atoms with E-state index in [-0.39, 0.29) is 18.0 Å². The molecule has 1 aliphatic rings. The Morgan fingerprint density at radius 1 is 1.21 bits per heavy atom. The molecular formula is C20H19FN4O3. The summed E-state index contributed by atoms with van der Waals surface area (Å²) < 4.78 is 20.7. The number of para-hydroxylation sites is 3. The van der Waals surface area contributed by atoms with Gasteiger partial charge in [0.15, 0.2) is 0 Å². The minimum atomic E-state index is -0.744. The molecule has 1 aliphatic heterocycles. The van der Waals surface area contributed by atoms with Gasteiger partial charge in [0.1, 0.15) is 11.9 Å². The average molecular weight is 382 g/mol. The van der Waals surface area contributed by atoms with Crippen molar-refractivity contribution in [3.63, 3.8) is 0 Å². The van der Waals surface area contributed by atoms with E-state index in [0.29, 0.717) is 19.1 Å². The van der Waals surface area contributed by atoms with Crippen LogP contribution in [0.3, 0.4) is 0 Å². The van der Waals surface area contributed by atoms with Gasteiger partial charge in [0.05, 0.1) is 36.3 Å². The standard InChI is InChI=1S/C20H19FN4O3/c1-28-11-10-24-19(27)17(12-18(26)22-14-7-3-2-6-13(14)21)25-16-9-5-4-8-15(16)23-20(24)25/h2-9,17H,10-12H2,1H3,(H,22,26). The Hall–Kier alpha value is -3.26. The molecule has 0 fully saturated rings. The molecule has 2 heterocycles. The zero-order chi connectivity index (χ0) is 19.7. The maximum Gasteiger partial charge on any atom is 0.253 e. The first-order valence-electron chi connectivity index (χ1n) is 8.92. The number of benzene rings is 2. The number of anilines is 2. The van der Waals surface area contributed by atoms with Gasteiger partial charge in [-0.25, -0.2) is 9.37 Å². The van der Waals surface area contributed by atoms with Crippen LogP contribution in [0.1, 0.15) is 12.5 Å². The molecule has 1 atom stereocenters. The minimum absolute atomic E-state index is 0.0879. The summed E-state index contributed by atoms with van der Waals surface area (Å²) in [5.74, 6) is -0.703. The van der Waals surface area contributed by atoms with Crippen LogP contribution >= 0.6 is 0 Å². The van der Waals surface area contributed by atoms with E-state index in [1.165, 1.54) is 17.0 Å². The third kappa shape index (κ3) is 3.11. The fourth-order valence-corrected chi connectivity index (χ4v) is 3.43. The van der Waals surface area contributed by atoms with E-state index in [4.69, 9.17) is 4.74 Å². The lowest BCUT2D eigenvalue weighted by Gasteiger charge is -2.15. The maximum absolute atomic E-state index is 13.8. The molecule has 1 aromatic heterocycles. The van der Waals surface area contributed by atoms with Crippen LogP contribution in [0.2, 0.25) is 0 Å². The molecule has 0 saturated heterocycles. The highest BCUT2D eigenvalue weighted by molar-refractivity contribution is 6.05. The Balaban J connectivity index is 1.64. The summed E-state index contributed by atoms with van der Waals surface area (Å²) in [5.41, 5.74) is 1.60. The van der Waals surface area contributed by atoms with Gasteiger partial charge < -0.3 is 10.1 Å². The van der Waals surface area contributed by atoms with Crippen molar-refractivity contribution in [1.82, 2.24) is 9.55 Å². The summed E-state index contributed by atoms with van der Waals surface area (Å²) in [6.07, 6.45) is -0.121. The number of fused-ring (bicyclic) bond motifs is 3. The van der Waals surface area contributed by atoms with Crippen molar-refractivity contribution < 1.29 is 18.7 Å². The number of hydrogen-bond acceptors (Lipinski definition) is 4. The molecule has 1 N–H and O–H groups in total. The van der Waals surface area contributed by atoms with Crippen molar-refractivity contribution in [3.05, 3.63) is 54.3 Å². The number of nitrogens with zero attached hydrogens (tertiary/aromatic N) is 3. The highest BCUT2D eigenvalue weighted by Crippen LogP contribution is 2.36. The van der Waals surface area contributed by atoms with E-state index in [0.717, 1.165) is 11.0 Å². The van der Waals surface area contributed by atoms with Gasteiger partial charge in [0.2, 0.25) is 11.9 Å². The molecule has 0 bridgehead atoms. The van der Waals surface area contributed by atoms with Crippen molar-refractivity contribution in [3.8, 4) is 0 Å². The molecule has 3 aromatic rings. The van der Waals surface area contributed by atoms with E-state index in [2.05, 4.69) is 10.3 Å². The van der Waals surface area contributed by atoms with Crippen molar-refractivity contribution in [2.75, 3.05) is 30.5 Å². The molecule has 4 rings (SSSR count). The van der Waals surface area contributed by atoms with Gasteiger partial charge in [-0.3, -0.25) is 19.1 Å². The normalized spacial score (nSPS) is 15.9. The van der Waals surface area contributed by atoms with Crippen molar-refractivity contribution >= 4 is 34.5 Å². The molecule has 0 aliphatic carbocycles. The second kappa shape index (κ2) is 7.40. The van der Waals surface area contributed by atoms with Gasteiger partial charge in [0.25, 0.3) is 5.91 Å². The lowest BCUT2D eigenvalue weighted by atomic mass is 10.1. The molecular weight excluding hydrogens is 363 g/mol. The summed E-state index contributed by atoms with van der Waals surface area (Å²) in [6.45, 7) is 0.688. The molecule has 2 amide bonds. The number of hydrogen-bond donors (Lipinski definition) is 1. The zero-order valence-corrected chi connectivity index (χ0v) is 15.3. The van der Waals surface area contributed by atoms with E-state index in [1.54, 1.807) is 23.8 Å². The van der Waals surface area contributed by atoms with Crippen LogP contribution < -0.4 is 10.2 Å². The third-order valence-corrected chi connectivity index (χ3v) is 4.73. The minimum Gasteiger partial charge on any atom is -0.383 e. The number of nitrogens with one attached hydrogen (secondary N) is 1. The van der Waals surface area contributed by atoms with Gasteiger partial charge in [-0.2, -0.15) is 0 Å². The van der Waals surface area contributed by atoms with Crippen LogP contribution in [-0.2, 0) is 14.3 Å². The van der Waals surface area contributed by atoms with Gasteiger partial charge >= 0.3 is 0 Å². The van der Waals surface area contributed by atoms with E-state index >= 15 is 0 Å². The van der Waals surface area contributed by atoms with Crippen LogP contribution in [0.25, 0.3) is 11.0 Å². The van der Waals surface area contributed by atoms with Gasteiger partial charge in [-0.05, 0) is 24.3 Å². The predicted molar refractivity (Wildman–Crippen MR) is 103 cm³/mol. The lowest BCUT2D eigenvalue weighted by molar-refractivity contribution is -0.124. The number of imidazole rings is 1. The lowest BCUT2D eigenvalue weighted by Crippen LogP contribution is -2.33.